The first-order chi connectivity index (χ1) is 20.4. The average molecular weight is 601 g/mol. The summed E-state index contributed by atoms with van der Waals surface area (Å²) in [7, 11) is 0. The van der Waals surface area contributed by atoms with Crippen LogP contribution in [0.2, 0.25) is 5.02 Å². The number of nitrogens with one attached hydrogen (secondary N) is 1. The number of aromatic nitrogens is 2. The van der Waals surface area contributed by atoms with Crippen LogP contribution in [0.5, 0.6) is 11.5 Å². The first-order valence-corrected chi connectivity index (χ1v) is 14.3. The normalized spacial score (nSPS) is 16.6. The Morgan fingerprint density at radius 2 is 1.93 bits per heavy atom. The maximum atomic E-state index is 13.6. The number of hydrogen-bond donors (Lipinski definition) is 1. The summed E-state index contributed by atoms with van der Waals surface area (Å²) in [6.45, 7) is 0.443. The van der Waals surface area contributed by atoms with Crippen molar-refractivity contribution in [1.82, 2.24) is 19.6 Å². The van der Waals surface area contributed by atoms with Gasteiger partial charge >= 0.3 is 0 Å². The molecule has 2 amide bonds. The van der Waals surface area contributed by atoms with Crippen molar-refractivity contribution in [3.63, 3.8) is 0 Å². The van der Waals surface area contributed by atoms with E-state index in [0.29, 0.717) is 50.1 Å². The zero-order valence-corrected chi connectivity index (χ0v) is 23.4. The number of para-hydroxylation sites is 1. The van der Waals surface area contributed by atoms with Crippen LogP contribution in [0.3, 0.4) is 0 Å². The molecule has 0 spiro atoms. The maximum Gasteiger partial charge on any atom is 0.259 e. The van der Waals surface area contributed by atoms with Gasteiger partial charge in [0.15, 0.2) is 16.7 Å². The summed E-state index contributed by atoms with van der Waals surface area (Å²) < 4.78 is 12.1. The number of pyridine rings is 1. The van der Waals surface area contributed by atoms with Gasteiger partial charge in [-0.1, -0.05) is 41.6 Å². The number of carbonyl (C=O) groups is 2. The lowest BCUT2D eigenvalue weighted by Gasteiger charge is -2.25. The third-order valence-corrected chi connectivity index (χ3v) is 8.07. The second-order valence-corrected chi connectivity index (χ2v) is 11.1. The van der Waals surface area contributed by atoms with Crippen molar-refractivity contribution in [3.8, 4) is 11.5 Å². The molecule has 2 aromatic carbocycles. The molecule has 5 heterocycles. The Bertz CT molecular complexity index is 1910. The number of hydrogen-bond acceptors (Lipinski definition) is 9. The minimum Gasteiger partial charge on any atom is -0.454 e. The first-order valence-electron chi connectivity index (χ1n) is 13.0. The molecule has 3 aliphatic rings. The predicted molar refractivity (Wildman–Crippen MR) is 158 cm³/mol. The van der Waals surface area contributed by atoms with Crippen LogP contribution in [0.1, 0.15) is 23.2 Å². The number of fused-ring (bicyclic) bond motifs is 5. The maximum absolute atomic E-state index is 13.6. The van der Waals surface area contributed by atoms with Gasteiger partial charge in [-0.05, 0) is 42.0 Å². The van der Waals surface area contributed by atoms with Crippen LogP contribution >= 0.6 is 23.4 Å². The highest BCUT2D eigenvalue weighted by Gasteiger charge is 2.42. The lowest BCUT2D eigenvalue weighted by atomic mass is 10.1. The van der Waals surface area contributed by atoms with E-state index in [1.807, 2.05) is 36.4 Å². The summed E-state index contributed by atoms with van der Waals surface area (Å²) >= 11 is 7.28. The summed E-state index contributed by atoms with van der Waals surface area (Å²) in [5, 5.41) is 3.69. The van der Waals surface area contributed by atoms with Crippen molar-refractivity contribution in [2.24, 2.45) is 9.98 Å². The van der Waals surface area contributed by atoms with E-state index in [1.54, 1.807) is 18.2 Å². The molecule has 13 heteroatoms. The fourth-order valence-corrected chi connectivity index (χ4v) is 5.92. The minimum atomic E-state index is -0.901. The summed E-state index contributed by atoms with van der Waals surface area (Å²) in [6, 6.07) is 16.7. The van der Waals surface area contributed by atoms with E-state index in [9.17, 15) is 14.4 Å². The SMILES string of the molecule is O=C(C[C@@H]1N=C2c3ccccc3N=C(SCc3cc(=O)n4cc(Cl)ccc4n3)N2C1=O)NCc1ccc2c(c1)OCO2. The second-order valence-electron chi connectivity index (χ2n) is 9.67. The molecule has 0 unspecified atom stereocenters. The summed E-state index contributed by atoms with van der Waals surface area (Å²) in [4.78, 5) is 54.5. The van der Waals surface area contributed by atoms with Crippen LogP contribution in [0, 0.1) is 0 Å². The molecule has 3 aliphatic heterocycles. The van der Waals surface area contributed by atoms with E-state index in [2.05, 4.69) is 15.3 Å². The molecule has 0 saturated carbocycles. The first kappa shape index (κ1) is 26.2. The molecule has 11 nitrogen and oxygen atoms in total. The van der Waals surface area contributed by atoms with Gasteiger partial charge in [-0.2, -0.15) is 0 Å². The monoisotopic (exact) mass is 600 g/mol. The van der Waals surface area contributed by atoms with Crippen molar-refractivity contribution >= 4 is 57.5 Å². The van der Waals surface area contributed by atoms with Crippen LogP contribution in [0.25, 0.3) is 5.65 Å². The fraction of sp³-hybridized carbons (Fsp3) is 0.172. The van der Waals surface area contributed by atoms with E-state index >= 15 is 0 Å². The fourth-order valence-electron chi connectivity index (χ4n) is 4.87. The van der Waals surface area contributed by atoms with Crippen molar-refractivity contribution in [2.75, 3.05) is 6.79 Å². The standard InChI is InChI=1S/C29H21ClN6O5S/c30-17-6-8-24-32-18(10-26(38)35(24)13-17)14-42-29-34-20-4-2-1-3-19(20)27-33-21(28(39)36(27)29)11-25(37)31-12-16-5-7-22-23(9-16)41-15-40-22/h1-10,13,21H,11-12,14-15H2,(H,31,37)/t21-/m0/s1. The Morgan fingerprint density at radius 3 is 2.83 bits per heavy atom. The quantitative estimate of drug-likeness (QED) is 0.358. The average Bonchev–Trinajstić information content (AvgIpc) is 3.59. The molecule has 42 heavy (non-hydrogen) atoms. The number of halogens is 1. The number of thioether (sulfide) groups is 1. The van der Waals surface area contributed by atoms with Crippen LogP contribution in [0.4, 0.5) is 5.69 Å². The second kappa shape index (κ2) is 10.6. The zero-order valence-electron chi connectivity index (χ0n) is 21.8. The van der Waals surface area contributed by atoms with Crippen LogP contribution in [-0.4, -0.2) is 49.9 Å². The number of amidine groups is 2. The molecule has 0 fully saturated rings. The zero-order chi connectivity index (χ0) is 28.8. The van der Waals surface area contributed by atoms with Gasteiger partial charge in [-0.25, -0.2) is 14.9 Å². The summed E-state index contributed by atoms with van der Waals surface area (Å²) in [5.74, 6) is 1.38. The molecule has 0 bridgehead atoms. The van der Waals surface area contributed by atoms with Crippen molar-refractivity contribution in [1.29, 1.82) is 0 Å². The van der Waals surface area contributed by atoms with Crippen molar-refractivity contribution < 1.29 is 19.1 Å². The van der Waals surface area contributed by atoms with Gasteiger partial charge in [0.2, 0.25) is 12.7 Å². The molecule has 1 N–H and O–H groups in total. The van der Waals surface area contributed by atoms with Gasteiger partial charge in [-0.3, -0.25) is 23.8 Å². The van der Waals surface area contributed by atoms with Gasteiger partial charge in [0.25, 0.3) is 11.5 Å². The molecule has 0 saturated heterocycles. The predicted octanol–water partition coefficient (Wildman–Crippen LogP) is 3.68. The van der Waals surface area contributed by atoms with Gasteiger partial charge in [0.05, 0.1) is 22.8 Å². The number of benzene rings is 2. The van der Waals surface area contributed by atoms with Crippen molar-refractivity contribution in [2.45, 2.75) is 24.8 Å². The number of carbonyl (C=O) groups excluding carboxylic acids is 2. The van der Waals surface area contributed by atoms with Gasteiger partial charge in [0, 0.05) is 30.1 Å². The van der Waals surface area contributed by atoms with E-state index in [1.165, 1.54) is 33.3 Å². The van der Waals surface area contributed by atoms with Crippen LogP contribution < -0.4 is 20.3 Å². The Morgan fingerprint density at radius 1 is 1.07 bits per heavy atom. The highest BCUT2D eigenvalue weighted by molar-refractivity contribution is 8.13. The Kier molecular flexibility index (Phi) is 6.63. The summed E-state index contributed by atoms with van der Waals surface area (Å²) in [6.07, 6.45) is 1.40. The molecule has 0 radical (unpaired) electrons. The third kappa shape index (κ3) is 4.88. The lowest BCUT2D eigenvalue weighted by Crippen LogP contribution is -2.42. The van der Waals surface area contributed by atoms with Gasteiger partial charge in [0.1, 0.15) is 17.5 Å². The molecule has 2 aromatic heterocycles. The molecule has 7 rings (SSSR count). The molecular formula is C29H21ClN6O5S. The number of amides is 2. The number of ether oxygens (including phenoxy) is 2. The highest BCUT2D eigenvalue weighted by atomic mass is 35.5. The molecular weight excluding hydrogens is 580 g/mol. The largest absolute Gasteiger partial charge is 0.454 e. The number of rotatable bonds is 6. The van der Waals surface area contributed by atoms with Crippen LogP contribution in [0.15, 0.2) is 81.6 Å². The number of aliphatic imine (C=N–C) groups is 2. The number of nitrogens with zero attached hydrogens (tertiary/aromatic N) is 5. The van der Waals surface area contributed by atoms with Gasteiger partial charge < -0.3 is 14.8 Å². The van der Waals surface area contributed by atoms with Crippen molar-refractivity contribution in [3.05, 3.63) is 99.1 Å². The van der Waals surface area contributed by atoms with Crippen LogP contribution in [-0.2, 0) is 21.9 Å². The Hall–Kier alpha value is -4.68. The molecule has 210 valence electrons. The molecule has 4 aromatic rings. The molecule has 0 aliphatic carbocycles. The topological polar surface area (TPSA) is 127 Å². The highest BCUT2D eigenvalue weighted by Crippen LogP contribution is 2.35. The Balaban J connectivity index is 1.08. The van der Waals surface area contributed by atoms with Gasteiger partial charge in [-0.15, -0.1) is 0 Å². The smallest absolute Gasteiger partial charge is 0.259 e. The van der Waals surface area contributed by atoms with E-state index in [4.69, 9.17) is 26.1 Å². The summed E-state index contributed by atoms with van der Waals surface area (Å²) in [5.41, 5.74) is 2.94. The lowest BCUT2D eigenvalue weighted by molar-refractivity contribution is -0.128. The van der Waals surface area contributed by atoms with E-state index < -0.39 is 6.04 Å². The Labute approximate surface area is 247 Å². The van der Waals surface area contributed by atoms with E-state index in [0.717, 1.165) is 5.56 Å². The molecule has 1 atom stereocenters. The van der Waals surface area contributed by atoms with E-state index in [-0.39, 0.29) is 42.9 Å². The minimum absolute atomic E-state index is 0.116. The third-order valence-electron chi connectivity index (χ3n) is 6.88.